The first kappa shape index (κ1) is 9.98. The molecule has 0 aliphatic heterocycles. The maximum atomic E-state index is 4.98. The number of rotatable bonds is 2. The van der Waals surface area contributed by atoms with Crippen molar-refractivity contribution in [3.63, 3.8) is 0 Å². The Kier molecular flexibility index (Phi) is 3.25. The lowest BCUT2D eigenvalue weighted by Gasteiger charge is -2.03. The second-order valence-electron chi connectivity index (χ2n) is 2.69. The Hall–Kier alpha value is -1.10. The van der Waals surface area contributed by atoms with Gasteiger partial charge in [0, 0.05) is 19.8 Å². The highest BCUT2D eigenvalue weighted by Crippen LogP contribution is 2.11. The van der Waals surface area contributed by atoms with E-state index < -0.39 is 0 Å². The first-order valence-electron chi connectivity index (χ1n) is 4.20. The van der Waals surface area contributed by atoms with Gasteiger partial charge in [-0.25, -0.2) is 0 Å². The zero-order valence-electron chi connectivity index (χ0n) is 8.09. The molecule has 1 heterocycles. The summed E-state index contributed by atoms with van der Waals surface area (Å²) in [6.07, 6.45) is 1.94. The molecule has 5 heteroatoms. The van der Waals surface area contributed by atoms with Gasteiger partial charge in [-0.2, -0.15) is 5.10 Å². The van der Waals surface area contributed by atoms with E-state index in [2.05, 4.69) is 15.7 Å². The van der Waals surface area contributed by atoms with Gasteiger partial charge in [-0.3, -0.25) is 4.68 Å². The molecule has 0 bridgehead atoms. The minimum atomic E-state index is 0.610. The Morgan fingerprint density at radius 1 is 1.69 bits per heavy atom. The first-order valence-corrected chi connectivity index (χ1v) is 4.61. The molecule has 0 aliphatic rings. The molecule has 0 amide bonds. The summed E-state index contributed by atoms with van der Waals surface area (Å²) in [7, 11) is 1.79. The summed E-state index contributed by atoms with van der Waals surface area (Å²) < 4.78 is 1.87. The number of nitrogens with zero attached hydrogens (tertiary/aromatic N) is 2. The van der Waals surface area contributed by atoms with E-state index >= 15 is 0 Å². The van der Waals surface area contributed by atoms with Crippen molar-refractivity contribution < 1.29 is 0 Å². The van der Waals surface area contributed by atoms with Crippen LogP contribution in [0.2, 0.25) is 0 Å². The Bertz CT molecular complexity index is 305. The minimum absolute atomic E-state index is 0.610. The number of aromatic nitrogens is 2. The van der Waals surface area contributed by atoms with Gasteiger partial charge >= 0.3 is 0 Å². The summed E-state index contributed by atoms with van der Waals surface area (Å²) >= 11 is 4.98. The monoisotopic (exact) mass is 198 g/mol. The molecule has 0 aromatic carbocycles. The molecule has 0 aliphatic carbocycles. The normalized spacial score (nSPS) is 9.77. The fraction of sp³-hybridized carbons (Fsp3) is 0.500. The average Bonchev–Trinajstić information content (AvgIpc) is 2.47. The van der Waals surface area contributed by atoms with Crippen molar-refractivity contribution in [2.24, 2.45) is 0 Å². The van der Waals surface area contributed by atoms with Crippen molar-refractivity contribution in [2.75, 3.05) is 12.4 Å². The zero-order chi connectivity index (χ0) is 9.84. The first-order chi connectivity index (χ1) is 6.17. The molecule has 72 valence electrons. The predicted octanol–water partition coefficient (Wildman–Crippen LogP) is 1.13. The Balaban J connectivity index is 2.76. The molecule has 1 aromatic rings. The second kappa shape index (κ2) is 4.23. The van der Waals surface area contributed by atoms with Crippen molar-refractivity contribution in [1.29, 1.82) is 0 Å². The maximum absolute atomic E-state index is 4.98. The molecule has 4 nitrogen and oxygen atoms in total. The third-order valence-corrected chi connectivity index (χ3v) is 2.05. The number of thiocarbonyl (C=S) groups is 1. The maximum Gasteiger partial charge on any atom is 0.170 e. The highest BCUT2D eigenvalue weighted by Gasteiger charge is 2.03. The van der Waals surface area contributed by atoms with E-state index in [-0.39, 0.29) is 0 Å². The van der Waals surface area contributed by atoms with Crippen LogP contribution >= 0.6 is 12.2 Å². The van der Waals surface area contributed by atoms with Crippen LogP contribution in [0, 0.1) is 6.92 Å². The van der Waals surface area contributed by atoms with Gasteiger partial charge in [0.15, 0.2) is 5.11 Å². The SMILES string of the molecule is CCn1cc(NC(=S)NC)c(C)n1. The van der Waals surface area contributed by atoms with Gasteiger partial charge in [-0.05, 0) is 26.1 Å². The van der Waals surface area contributed by atoms with E-state index in [1.165, 1.54) is 0 Å². The van der Waals surface area contributed by atoms with Crippen LogP contribution in [0.5, 0.6) is 0 Å². The summed E-state index contributed by atoms with van der Waals surface area (Å²) in [6, 6.07) is 0. The average molecular weight is 198 g/mol. The molecule has 2 N–H and O–H groups in total. The van der Waals surface area contributed by atoms with E-state index in [1.54, 1.807) is 7.05 Å². The quantitative estimate of drug-likeness (QED) is 0.699. The van der Waals surface area contributed by atoms with Crippen LogP contribution in [0.3, 0.4) is 0 Å². The molecule has 1 rings (SSSR count). The van der Waals surface area contributed by atoms with Crippen molar-refractivity contribution in [3.05, 3.63) is 11.9 Å². The Morgan fingerprint density at radius 3 is 2.85 bits per heavy atom. The van der Waals surface area contributed by atoms with Gasteiger partial charge in [0.1, 0.15) is 0 Å². The van der Waals surface area contributed by atoms with Crippen LogP contribution in [-0.4, -0.2) is 21.9 Å². The second-order valence-corrected chi connectivity index (χ2v) is 3.10. The number of anilines is 1. The lowest BCUT2D eigenvalue weighted by molar-refractivity contribution is 0.653. The van der Waals surface area contributed by atoms with Crippen LogP contribution < -0.4 is 10.6 Å². The molecule has 13 heavy (non-hydrogen) atoms. The molecule has 0 spiro atoms. The number of aryl methyl sites for hydroxylation is 2. The summed E-state index contributed by atoms with van der Waals surface area (Å²) in [5.74, 6) is 0. The third-order valence-electron chi connectivity index (χ3n) is 1.75. The largest absolute Gasteiger partial charge is 0.366 e. The highest BCUT2D eigenvalue weighted by molar-refractivity contribution is 7.80. The van der Waals surface area contributed by atoms with Crippen molar-refractivity contribution in [1.82, 2.24) is 15.1 Å². The molecule has 0 atom stereocenters. The van der Waals surface area contributed by atoms with Gasteiger partial charge in [-0.1, -0.05) is 0 Å². The van der Waals surface area contributed by atoms with E-state index in [0.717, 1.165) is 17.9 Å². The van der Waals surface area contributed by atoms with Gasteiger partial charge < -0.3 is 10.6 Å². The van der Waals surface area contributed by atoms with Gasteiger partial charge in [0.25, 0.3) is 0 Å². The number of nitrogens with one attached hydrogen (secondary N) is 2. The molecule has 1 aromatic heterocycles. The lowest BCUT2D eigenvalue weighted by Crippen LogP contribution is -2.24. The molecular weight excluding hydrogens is 184 g/mol. The standard InChI is InChI=1S/C8H14N4S/c1-4-12-5-7(6(2)11-12)10-8(13)9-3/h5H,4H2,1-3H3,(H2,9,10,13). The number of hydrogen-bond donors (Lipinski definition) is 2. The van der Waals surface area contributed by atoms with Gasteiger partial charge in [-0.15, -0.1) is 0 Å². The lowest BCUT2D eigenvalue weighted by atomic mass is 10.4. The third kappa shape index (κ3) is 2.42. The van der Waals surface area contributed by atoms with E-state index in [4.69, 9.17) is 12.2 Å². The van der Waals surface area contributed by atoms with Crippen molar-refractivity contribution in [2.45, 2.75) is 20.4 Å². The van der Waals surface area contributed by atoms with Crippen LogP contribution in [-0.2, 0) is 6.54 Å². The highest BCUT2D eigenvalue weighted by atomic mass is 32.1. The molecular formula is C8H14N4S. The fourth-order valence-corrected chi connectivity index (χ4v) is 1.10. The number of hydrogen-bond acceptors (Lipinski definition) is 2. The minimum Gasteiger partial charge on any atom is -0.366 e. The van der Waals surface area contributed by atoms with Crippen molar-refractivity contribution in [3.8, 4) is 0 Å². The predicted molar refractivity (Wildman–Crippen MR) is 57.9 cm³/mol. The summed E-state index contributed by atoms with van der Waals surface area (Å²) in [5.41, 5.74) is 1.92. The van der Waals surface area contributed by atoms with Crippen LogP contribution in [0.25, 0.3) is 0 Å². The fourth-order valence-electron chi connectivity index (χ4n) is 0.987. The molecule has 0 radical (unpaired) electrons. The van der Waals surface area contributed by atoms with Gasteiger partial charge in [0.05, 0.1) is 11.4 Å². The van der Waals surface area contributed by atoms with Crippen LogP contribution in [0.15, 0.2) is 6.20 Å². The summed E-state index contributed by atoms with van der Waals surface area (Å²) in [4.78, 5) is 0. The summed E-state index contributed by atoms with van der Waals surface area (Å²) in [5, 5.41) is 10.8. The van der Waals surface area contributed by atoms with E-state index in [9.17, 15) is 0 Å². The molecule has 0 unspecified atom stereocenters. The molecule has 0 saturated carbocycles. The Morgan fingerprint density at radius 2 is 2.38 bits per heavy atom. The topological polar surface area (TPSA) is 41.9 Å². The van der Waals surface area contributed by atoms with Crippen molar-refractivity contribution >= 4 is 23.0 Å². The van der Waals surface area contributed by atoms with Crippen LogP contribution in [0.1, 0.15) is 12.6 Å². The van der Waals surface area contributed by atoms with E-state index in [1.807, 2.05) is 24.7 Å². The molecule has 0 saturated heterocycles. The zero-order valence-corrected chi connectivity index (χ0v) is 8.90. The van der Waals surface area contributed by atoms with Gasteiger partial charge in [0.2, 0.25) is 0 Å². The molecule has 0 fully saturated rings. The smallest absolute Gasteiger partial charge is 0.170 e. The Labute approximate surface area is 83.3 Å². The summed E-state index contributed by atoms with van der Waals surface area (Å²) in [6.45, 7) is 4.87. The van der Waals surface area contributed by atoms with Crippen LogP contribution in [0.4, 0.5) is 5.69 Å². The van der Waals surface area contributed by atoms with E-state index in [0.29, 0.717) is 5.11 Å².